The fourth-order valence-corrected chi connectivity index (χ4v) is 4.19. The van der Waals surface area contributed by atoms with E-state index in [9.17, 15) is 8.42 Å². The number of methoxy groups -OCH3 is 1. The number of para-hydroxylation sites is 2. The third-order valence-electron chi connectivity index (χ3n) is 4.55. The molecule has 1 N–H and O–H groups in total. The topological polar surface area (TPSA) is 99.2 Å². The lowest BCUT2D eigenvalue weighted by Crippen LogP contribution is -2.21. The second-order valence-electron chi connectivity index (χ2n) is 6.63. The van der Waals surface area contributed by atoms with E-state index in [1.54, 1.807) is 53.1 Å². The second-order valence-corrected chi connectivity index (χ2v) is 8.91. The van der Waals surface area contributed by atoms with Crippen LogP contribution in [0.5, 0.6) is 5.75 Å². The number of hydrogen-bond acceptors (Lipinski definition) is 6. The van der Waals surface area contributed by atoms with Crippen molar-refractivity contribution in [2.75, 3.05) is 17.6 Å². The molecule has 2 aromatic carbocycles. The first kappa shape index (κ1) is 21.0. The zero-order valence-corrected chi connectivity index (χ0v) is 18.1. The Bertz CT molecular complexity index is 1270. The van der Waals surface area contributed by atoms with Crippen molar-refractivity contribution in [2.24, 2.45) is 0 Å². The minimum Gasteiger partial charge on any atom is -0.495 e. The van der Waals surface area contributed by atoms with Crippen molar-refractivity contribution in [1.29, 1.82) is 0 Å². The van der Waals surface area contributed by atoms with Crippen LogP contribution >= 0.6 is 11.6 Å². The number of halogens is 1. The van der Waals surface area contributed by atoms with Gasteiger partial charge in [0.15, 0.2) is 5.76 Å². The van der Waals surface area contributed by atoms with Gasteiger partial charge in [0.25, 0.3) is 0 Å². The van der Waals surface area contributed by atoms with Crippen LogP contribution in [0.3, 0.4) is 0 Å². The monoisotopic (exact) mass is 458 g/mol. The molecule has 0 atom stereocenters. The minimum absolute atomic E-state index is 0.0343. The van der Waals surface area contributed by atoms with E-state index in [1.165, 1.54) is 13.4 Å². The highest BCUT2D eigenvalue weighted by Crippen LogP contribution is 2.31. The summed E-state index contributed by atoms with van der Waals surface area (Å²) in [6, 6.07) is 17.6. The Balaban J connectivity index is 1.67. The molecule has 0 fully saturated rings. The van der Waals surface area contributed by atoms with Crippen molar-refractivity contribution in [2.45, 2.75) is 6.42 Å². The molecule has 0 bridgehead atoms. The van der Waals surface area contributed by atoms with Crippen molar-refractivity contribution in [3.63, 3.8) is 0 Å². The maximum absolute atomic E-state index is 12.8. The van der Waals surface area contributed by atoms with E-state index in [4.69, 9.17) is 20.8 Å². The maximum Gasteiger partial charge on any atom is 0.243 e. The first-order valence-electron chi connectivity index (χ1n) is 9.34. The molecule has 2 aromatic heterocycles. The Kier molecular flexibility index (Phi) is 5.97. The van der Waals surface area contributed by atoms with E-state index < -0.39 is 10.0 Å². The van der Waals surface area contributed by atoms with Crippen LogP contribution in [0.1, 0.15) is 5.56 Å². The van der Waals surface area contributed by atoms with E-state index in [0.717, 1.165) is 5.56 Å². The van der Waals surface area contributed by atoms with Crippen LogP contribution in [0.15, 0.2) is 71.3 Å². The number of hydrogen-bond donors (Lipinski definition) is 1. The molecular weight excluding hydrogens is 440 g/mol. The number of rotatable bonds is 8. The van der Waals surface area contributed by atoms with Crippen molar-refractivity contribution in [3.05, 3.63) is 77.5 Å². The summed E-state index contributed by atoms with van der Waals surface area (Å²) in [7, 11) is -2.19. The number of benzene rings is 2. The van der Waals surface area contributed by atoms with Gasteiger partial charge in [-0.15, -0.1) is 10.2 Å². The summed E-state index contributed by atoms with van der Waals surface area (Å²) in [5.74, 6) is 1.20. The number of sulfonamides is 1. The van der Waals surface area contributed by atoms with Crippen molar-refractivity contribution >= 4 is 27.6 Å². The molecule has 0 saturated carbocycles. The van der Waals surface area contributed by atoms with Gasteiger partial charge in [-0.25, -0.2) is 8.42 Å². The SMILES string of the molecule is COc1ccccc1-n1c(NS(=O)(=O)CCc2ccc(Cl)cc2)nnc1-c1ccco1. The number of aromatic nitrogens is 3. The lowest BCUT2D eigenvalue weighted by atomic mass is 10.2. The maximum atomic E-state index is 12.8. The number of nitrogens with zero attached hydrogens (tertiary/aromatic N) is 3. The van der Waals surface area contributed by atoms with Crippen LogP contribution in [0.4, 0.5) is 5.95 Å². The van der Waals surface area contributed by atoms with Gasteiger partial charge in [-0.2, -0.15) is 0 Å². The van der Waals surface area contributed by atoms with Gasteiger partial charge in [0, 0.05) is 5.02 Å². The number of ether oxygens (including phenoxy) is 1. The summed E-state index contributed by atoms with van der Waals surface area (Å²) in [4.78, 5) is 0. The Morgan fingerprint density at radius 3 is 2.55 bits per heavy atom. The molecule has 4 rings (SSSR count). The zero-order chi connectivity index (χ0) is 21.8. The average Bonchev–Trinajstić information content (AvgIpc) is 3.43. The number of anilines is 1. The molecule has 2 heterocycles. The summed E-state index contributed by atoms with van der Waals surface area (Å²) in [5, 5.41) is 8.81. The molecule has 8 nitrogen and oxygen atoms in total. The van der Waals surface area contributed by atoms with E-state index in [2.05, 4.69) is 14.9 Å². The predicted octanol–water partition coefficient (Wildman–Crippen LogP) is 4.17. The lowest BCUT2D eigenvalue weighted by Gasteiger charge is -2.14. The molecular formula is C21H19ClN4O4S. The predicted molar refractivity (Wildman–Crippen MR) is 118 cm³/mol. The molecule has 10 heteroatoms. The standard InChI is InChI=1S/C21H19ClN4O4S/c1-29-18-6-3-2-5-17(18)26-20(19-7-4-13-30-19)23-24-21(26)25-31(27,28)14-12-15-8-10-16(22)11-9-15/h2-11,13H,12,14H2,1H3,(H,24,25). The molecule has 31 heavy (non-hydrogen) atoms. The van der Waals surface area contributed by atoms with E-state index >= 15 is 0 Å². The molecule has 0 saturated heterocycles. The van der Waals surface area contributed by atoms with E-state index in [1.807, 2.05) is 12.1 Å². The molecule has 0 unspecified atom stereocenters. The molecule has 0 spiro atoms. The highest BCUT2D eigenvalue weighted by Gasteiger charge is 2.23. The smallest absolute Gasteiger partial charge is 0.243 e. The molecule has 0 radical (unpaired) electrons. The van der Waals surface area contributed by atoms with Crippen molar-refractivity contribution < 1.29 is 17.6 Å². The highest BCUT2D eigenvalue weighted by molar-refractivity contribution is 7.92. The molecule has 0 amide bonds. The molecule has 0 aliphatic heterocycles. The largest absolute Gasteiger partial charge is 0.495 e. The van der Waals surface area contributed by atoms with E-state index in [0.29, 0.717) is 34.5 Å². The lowest BCUT2D eigenvalue weighted by molar-refractivity contribution is 0.413. The first-order valence-corrected chi connectivity index (χ1v) is 11.4. The Morgan fingerprint density at radius 2 is 1.84 bits per heavy atom. The van der Waals surface area contributed by atoms with Crippen LogP contribution < -0.4 is 9.46 Å². The van der Waals surface area contributed by atoms with Crippen molar-refractivity contribution in [1.82, 2.24) is 14.8 Å². The van der Waals surface area contributed by atoms with Gasteiger partial charge in [-0.1, -0.05) is 35.9 Å². The third kappa shape index (κ3) is 4.73. The summed E-state index contributed by atoms with van der Waals surface area (Å²) in [5.41, 5.74) is 1.43. The highest BCUT2D eigenvalue weighted by atomic mass is 35.5. The quantitative estimate of drug-likeness (QED) is 0.425. The third-order valence-corrected chi connectivity index (χ3v) is 6.04. The van der Waals surface area contributed by atoms with Crippen LogP contribution in [0, 0.1) is 0 Å². The minimum atomic E-state index is -3.73. The van der Waals surface area contributed by atoms with Gasteiger partial charge in [0.05, 0.1) is 24.8 Å². The van der Waals surface area contributed by atoms with E-state index in [-0.39, 0.29) is 11.7 Å². The van der Waals surface area contributed by atoms with Gasteiger partial charge < -0.3 is 9.15 Å². The fraction of sp³-hybridized carbons (Fsp3) is 0.143. The summed E-state index contributed by atoms with van der Waals surface area (Å²) in [6.07, 6.45) is 1.83. The Morgan fingerprint density at radius 1 is 1.06 bits per heavy atom. The van der Waals surface area contributed by atoms with Gasteiger partial charge in [-0.05, 0) is 48.4 Å². The fourth-order valence-electron chi connectivity index (χ4n) is 3.05. The van der Waals surface area contributed by atoms with Gasteiger partial charge in [0.2, 0.25) is 21.8 Å². The normalized spacial score (nSPS) is 11.4. The van der Waals surface area contributed by atoms with Gasteiger partial charge in [-0.3, -0.25) is 9.29 Å². The molecule has 0 aliphatic carbocycles. The average molecular weight is 459 g/mol. The molecule has 4 aromatic rings. The first-order chi connectivity index (χ1) is 15.0. The van der Waals surface area contributed by atoms with Gasteiger partial charge >= 0.3 is 0 Å². The summed E-state index contributed by atoms with van der Waals surface area (Å²) < 4.78 is 40.6. The number of nitrogens with one attached hydrogen (secondary N) is 1. The van der Waals surface area contributed by atoms with Crippen LogP contribution in [-0.4, -0.2) is 36.0 Å². The van der Waals surface area contributed by atoms with Crippen molar-refractivity contribution in [3.8, 4) is 23.0 Å². The molecule has 160 valence electrons. The summed E-state index contributed by atoms with van der Waals surface area (Å²) >= 11 is 5.89. The van der Waals surface area contributed by atoms with Crippen LogP contribution in [-0.2, 0) is 16.4 Å². The summed E-state index contributed by atoms with van der Waals surface area (Å²) in [6.45, 7) is 0. The second kappa shape index (κ2) is 8.83. The van der Waals surface area contributed by atoms with Gasteiger partial charge in [0.1, 0.15) is 5.75 Å². The Labute approximate surface area is 184 Å². The zero-order valence-electron chi connectivity index (χ0n) is 16.5. The number of furan rings is 1. The van der Waals surface area contributed by atoms with Crippen LogP contribution in [0.25, 0.3) is 17.3 Å². The van der Waals surface area contributed by atoms with Crippen LogP contribution in [0.2, 0.25) is 5.02 Å². The number of aryl methyl sites for hydroxylation is 1. The molecule has 0 aliphatic rings. The Hall–Kier alpha value is -3.30.